The second-order valence-electron chi connectivity index (χ2n) is 3.81. The third-order valence-corrected chi connectivity index (χ3v) is 2.46. The van der Waals surface area contributed by atoms with Crippen molar-refractivity contribution in [2.45, 2.75) is 19.8 Å². The molecular formula is C13H19NO3. The van der Waals surface area contributed by atoms with Crippen LogP contribution in [0.2, 0.25) is 0 Å². The smallest absolute Gasteiger partial charge is 0.305 e. The number of ether oxygens (including phenoxy) is 2. The van der Waals surface area contributed by atoms with E-state index in [1.807, 2.05) is 25.1 Å². The number of esters is 1. The van der Waals surface area contributed by atoms with Gasteiger partial charge in [0, 0.05) is 13.0 Å². The number of carbonyl (C=O) groups excluding carboxylic acids is 1. The van der Waals surface area contributed by atoms with E-state index in [0.29, 0.717) is 6.42 Å². The first kappa shape index (κ1) is 13.4. The van der Waals surface area contributed by atoms with Gasteiger partial charge >= 0.3 is 5.97 Å². The molecule has 0 amide bonds. The Bertz CT molecular complexity index is 377. The molecule has 0 bridgehead atoms. The molecule has 1 aromatic carbocycles. The fourth-order valence-corrected chi connectivity index (χ4v) is 1.52. The Labute approximate surface area is 102 Å². The molecule has 1 rings (SSSR count). The summed E-state index contributed by atoms with van der Waals surface area (Å²) in [5, 5.41) is 3.25. The zero-order valence-electron chi connectivity index (χ0n) is 10.6. The number of anilines is 1. The predicted octanol–water partition coefficient (Wildman–Crippen LogP) is 2.37. The van der Waals surface area contributed by atoms with Crippen LogP contribution < -0.4 is 10.1 Å². The molecule has 0 atom stereocenters. The number of aryl methyl sites for hydroxylation is 1. The summed E-state index contributed by atoms with van der Waals surface area (Å²) in [5.41, 5.74) is 2.12. The Morgan fingerprint density at radius 2 is 2.12 bits per heavy atom. The topological polar surface area (TPSA) is 47.6 Å². The number of benzene rings is 1. The van der Waals surface area contributed by atoms with Gasteiger partial charge in [-0.3, -0.25) is 4.79 Å². The molecule has 0 saturated heterocycles. The number of hydrogen-bond acceptors (Lipinski definition) is 4. The van der Waals surface area contributed by atoms with E-state index in [9.17, 15) is 4.79 Å². The lowest BCUT2D eigenvalue weighted by Gasteiger charge is -2.11. The first-order valence-corrected chi connectivity index (χ1v) is 5.62. The molecule has 0 heterocycles. The largest absolute Gasteiger partial charge is 0.495 e. The van der Waals surface area contributed by atoms with Gasteiger partial charge in [-0.1, -0.05) is 6.07 Å². The number of methoxy groups -OCH3 is 2. The van der Waals surface area contributed by atoms with Crippen molar-refractivity contribution in [3.63, 3.8) is 0 Å². The van der Waals surface area contributed by atoms with Crippen molar-refractivity contribution in [3.05, 3.63) is 23.8 Å². The lowest BCUT2D eigenvalue weighted by atomic mass is 10.2. The summed E-state index contributed by atoms with van der Waals surface area (Å²) in [6, 6.07) is 5.95. The Balaban J connectivity index is 2.45. The van der Waals surface area contributed by atoms with Gasteiger partial charge in [0.15, 0.2) is 0 Å². The molecule has 0 spiro atoms. The zero-order chi connectivity index (χ0) is 12.7. The maximum Gasteiger partial charge on any atom is 0.305 e. The van der Waals surface area contributed by atoms with Gasteiger partial charge in [0.05, 0.1) is 19.9 Å². The highest BCUT2D eigenvalue weighted by Crippen LogP contribution is 2.24. The summed E-state index contributed by atoms with van der Waals surface area (Å²) in [5.74, 6) is 0.636. The van der Waals surface area contributed by atoms with Crippen molar-refractivity contribution >= 4 is 11.7 Å². The summed E-state index contributed by atoms with van der Waals surface area (Å²) >= 11 is 0. The molecule has 0 unspecified atom stereocenters. The third kappa shape index (κ3) is 4.34. The molecule has 0 aliphatic heterocycles. The van der Waals surface area contributed by atoms with Crippen LogP contribution >= 0.6 is 0 Å². The maximum absolute atomic E-state index is 10.9. The van der Waals surface area contributed by atoms with Gasteiger partial charge in [0.25, 0.3) is 0 Å². The van der Waals surface area contributed by atoms with Crippen molar-refractivity contribution in [1.29, 1.82) is 0 Å². The standard InChI is InChI=1S/C13H19NO3/c1-10-6-7-12(16-2)11(9-10)14-8-4-5-13(15)17-3/h6-7,9,14H,4-5,8H2,1-3H3. The van der Waals surface area contributed by atoms with Crippen LogP contribution in [-0.2, 0) is 9.53 Å². The van der Waals surface area contributed by atoms with Crippen molar-refractivity contribution in [1.82, 2.24) is 0 Å². The molecule has 4 nitrogen and oxygen atoms in total. The van der Waals surface area contributed by atoms with E-state index in [4.69, 9.17) is 4.74 Å². The van der Waals surface area contributed by atoms with E-state index >= 15 is 0 Å². The Morgan fingerprint density at radius 1 is 1.35 bits per heavy atom. The minimum absolute atomic E-state index is 0.178. The average Bonchev–Trinajstić information content (AvgIpc) is 2.34. The number of nitrogens with one attached hydrogen (secondary N) is 1. The molecule has 0 radical (unpaired) electrons. The van der Waals surface area contributed by atoms with Crippen LogP contribution in [-0.4, -0.2) is 26.7 Å². The summed E-state index contributed by atoms with van der Waals surface area (Å²) in [7, 11) is 3.05. The Kier molecular flexibility index (Phi) is 5.33. The quantitative estimate of drug-likeness (QED) is 0.609. The first-order valence-electron chi connectivity index (χ1n) is 5.62. The van der Waals surface area contributed by atoms with Crippen molar-refractivity contribution in [2.24, 2.45) is 0 Å². The second kappa shape index (κ2) is 6.78. The van der Waals surface area contributed by atoms with E-state index in [1.54, 1.807) is 7.11 Å². The van der Waals surface area contributed by atoms with Crippen molar-refractivity contribution in [3.8, 4) is 5.75 Å². The molecule has 0 saturated carbocycles. The van der Waals surface area contributed by atoms with Crippen molar-refractivity contribution in [2.75, 3.05) is 26.1 Å². The maximum atomic E-state index is 10.9. The van der Waals surface area contributed by atoms with Crippen LogP contribution in [0.4, 0.5) is 5.69 Å². The molecular weight excluding hydrogens is 218 g/mol. The van der Waals surface area contributed by atoms with Crippen molar-refractivity contribution < 1.29 is 14.3 Å². The first-order chi connectivity index (χ1) is 8.17. The molecule has 0 fully saturated rings. The van der Waals surface area contributed by atoms with E-state index in [1.165, 1.54) is 12.7 Å². The molecule has 4 heteroatoms. The van der Waals surface area contributed by atoms with E-state index < -0.39 is 0 Å². The molecule has 1 N–H and O–H groups in total. The Hall–Kier alpha value is -1.71. The zero-order valence-corrected chi connectivity index (χ0v) is 10.6. The fourth-order valence-electron chi connectivity index (χ4n) is 1.52. The summed E-state index contributed by atoms with van der Waals surface area (Å²) in [4.78, 5) is 10.9. The van der Waals surface area contributed by atoms with E-state index in [0.717, 1.165) is 24.4 Å². The summed E-state index contributed by atoms with van der Waals surface area (Å²) in [6.07, 6.45) is 1.17. The highest BCUT2D eigenvalue weighted by molar-refractivity contribution is 5.69. The lowest BCUT2D eigenvalue weighted by Crippen LogP contribution is -2.07. The fraction of sp³-hybridized carbons (Fsp3) is 0.462. The number of hydrogen-bond donors (Lipinski definition) is 1. The minimum Gasteiger partial charge on any atom is -0.495 e. The summed E-state index contributed by atoms with van der Waals surface area (Å²) in [6.45, 7) is 2.74. The molecule has 94 valence electrons. The molecule has 0 aromatic heterocycles. The number of rotatable bonds is 6. The van der Waals surface area contributed by atoms with Gasteiger partial charge in [-0.2, -0.15) is 0 Å². The normalized spacial score (nSPS) is 9.82. The van der Waals surface area contributed by atoms with E-state index in [2.05, 4.69) is 10.1 Å². The van der Waals surface area contributed by atoms with Gasteiger partial charge in [0.2, 0.25) is 0 Å². The predicted molar refractivity (Wildman–Crippen MR) is 67.5 cm³/mol. The van der Waals surface area contributed by atoms with Gasteiger partial charge in [-0.15, -0.1) is 0 Å². The Morgan fingerprint density at radius 3 is 2.76 bits per heavy atom. The van der Waals surface area contributed by atoms with E-state index in [-0.39, 0.29) is 5.97 Å². The molecule has 1 aromatic rings. The van der Waals surface area contributed by atoms with Crippen LogP contribution in [0.15, 0.2) is 18.2 Å². The van der Waals surface area contributed by atoms with Gasteiger partial charge < -0.3 is 14.8 Å². The second-order valence-corrected chi connectivity index (χ2v) is 3.81. The van der Waals surface area contributed by atoms with Gasteiger partial charge in [-0.25, -0.2) is 0 Å². The monoisotopic (exact) mass is 237 g/mol. The van der Waals surface area contributed by atoms with Crippen LogP contribution in [0.3, 0.4) is 0 Å². The third-order valence-electron chi connectivity index (χ3n) is 2.46. The summed E-state index contributed by atoms with van der Waals surface area (Å²) < 4.78 is 9.82. The lowest BCUT2D eigenvalue weighted by molar-refractivity contribution is -0.140. The van der Waals surface area contributed by atoms with Gasteiger partial charge in [0.1, 0.15) is 5.75 Å². The van der Waals surface area contributed by atoms with Crippen LogP contribution in [0.5, 0.6) is 5.75 Å². The highest BCUT2D eigenvalue weighted by atomic mass is 16.5. The van der Waals surface area contributed by atoms with Crippen LogP contribution in [0, 0.1) is 6.92 Å². The molecule has 0 aliphatic rings. The van der Waals surface area contributed by atoms with Crippen LogP contribution in [0.25, 0.3) is 0 Å². The minimum atomic E-state index is -0.178. The van der Waals surface area contributed by atoms with Gasteiger partial charge in [-0.05, 0) is 31.0 Å². The average molecular weight is 237 g/mol. The highest BCUT2D eigenvalue weighted by Gasteiger charge is 2.03. The SMILES string of the molecule is COC(=O)CCCNc1cc(C)ccc1OC. The molecule has 0 aliphatic carbocycles. The molecule has 17 heavy (non-hydrogen) atoms. The van der Waals surface area contributed by atoms with Crippen LogP contribution in [0.1, 0.15) is 18.4 Å². The number of carbonyl (C=O) groups is 1.